The van der Waals surface area contributed by atoms with Gasteiger partial charge in [-0.1, -0.05) is 12.1 Å². The van der Waals surface area contributed by atoms with E-state index in [4.69, 9.17) is 0 Å². The van der Waals surface area contributed by atoms with Gasteiger partial charge in [-0.05, 0) is 41.8 Å². The van der Waals surface area contributed by atoms with Crippen molar-refractivity contribution in [1.29, 1.82) is 0 Å². The van der Waals surface area contributed by atoms with Gasteiger partial charge in [-0.15, -0.1) is 11.3 Å². The summed E-state index contributed by atoms with van der Waals surface area (Å²) >= 11 is 1.13. The number of hydrogen-bond acceptors (Lipinski definition) is 6. The van der Waals surface area contributed by atoms with Gasteiger partial charge >= 0.3 is 0 Å². The maximum absolute atomic E-state index is 12.2. The van der Waals surface area contributed by atoms with Crippen LogP contribution >= 0.6 is 11.3 Å². The maximum atomic E-state index is 12.2. The Morgan fingerprint density at radius 1 is 1.12 bits per heavy atom. The standard InChI is InChI=1S/C17H14N4O3S2/c22-17(20-19-12-13-3-1-9-18-11-13)14-5-7-15(8-6-14)21-26(23,24)16-4-2-10-25-16/h1-12,21H,(H,20,22)/b19-12+. The molecule has 0 unspecified atom stereocenters. The highest BCUT2D eigenvalue weighted by Gasteiger charge is 2.15. The van der Waals surface area contributed by atoms with Crippen LogP contribution < -0.4 is 10.1 Å². The summed E-state index contributed by atoms with van der Waals surface area (Å²) in [7, 11) is -3.61. The number of carbonyl (C=O) groups is 1. The smallest absolute Gasteiger partial charge is 0.271 e. The minimum atomic E-state index is -3.61. The Morgan fingerprint density at radius 2 is 1.92 bits per heavy atom. The SMILES string of the molecule is O=C(N/N=C/c1cccnc1)c1ccc(NS(=O)(=O)c2cccs2)cc1. The van der Waals surface area contributed by atoms with Crippen molar-refractivity contribution in [3.05, 3.63) is 77.4 Å². The molecule has 0 aliphatic carbocycles. The number of benzene rings is 1. The Morgan fingerprint density at radius 3 is 2.58 bits per heavy atom. The number of hydrazone groups is 1. The molecular formula is C17H14N4O3S2. The minimum Gasteiger partial charge on any atom is -0.279 e. The van der Waals surface area contributed by atoms with Gasteiger partial charge in [0.1, 0.15) is 4.21 Å². The first-order chi connectivity index (χ1) is 12.5. The third kappa shape index (κ3) is 4.52. The maximum Gasteiger partial charge on any atom is 0.271 e. The number of carbonyl (C=O) groups excluding carboxylic acids is 1. The molecule has 0 fully saturated rings. The number of amides is 1. The second-order valence-electron chi connectivity index (χ2n) is 5.10. The number of nitrogens with one attached hydrogen (secondary N) is 2. The first-order valence-corrected chi connectivity index (χ1v) is 9.81. The fourth-order valence-electron chi connectivity index (χ4n) is 1.99. The molecule has 0 spiro atoms. The Bertz CT molecular complexity index is 1000. The van der Waals surface area contributed by atoms with Crippen molar-refractivity contribution < 1.29 is 13.2 Å². The molecule has 1 amide bonds. The molecule has 0 saturated heterocycles. The van der Waals surface area contributed by atoms with Gasteiger partial charge in [-0.2, -0.15) is 5.10 Å². The van der Waals surface area contributed by atoms with Crippen LogP contribution in [0, 0.1) is 0 Å². The van der Waals surface area contributed by atoms with Crippen LogP contribution in [0.4, 0.5) is 5.69 Å². The molecule has 0 atom stereocenters. The number of rotatable bonds is 6. The average molecular weight is 386 g/mol. The summed E-state index contributed by atoms with van der Waals surface area (Å²) in [6.07, 6.45) is 4.74. The molecule has 7 nitrogen and oxygen atoms in total. The molecule has 26 heavy (non-hydrogen) atoms. The lowest BCUT2D eigenvalue weighted by atomic mass is 10.2. The molecule has 3 aromatic rings. The Labute approximate surface area is 154 Å². The van der Waals surface area contributed by atoms with E-state index in [1.165, 1.54) is 36.5 Å². The van der Waals surface area contributed by atoms with Crippen LogP contribution in [-0.2, 0) is 10.0 Å². The fraction of sp³-hybridized carbons (Fsp3) is 0. The summed E-state index contributed by atoms with van der Waals surface area (Å²) in [4.78, 5) is 16.0. The molecule has 0 radical (unpaired) electrons. The quantitative estimate of drug-likeness (QED) is 0.502. The van der Waals surface area contributed by atoms with Crippen molar-refractivity contribution in [2.24, 2.45) is 5.10 Å². The third-order valence-electron chi connectivity index (χ3n) is 3.22. The lowest BCUT2D eigenvalue weighted by Crippen LogP contribution is -2.17. The van der Waals surface area contributed by atoms with E-state index in [2.05, 4.69) is 20.2 Å². The molecule has 3 rings (SSSR count). The summed E-state index contributed by atoms with van der Waals surface area (Å²) in [5.41, 5.74) is 3.88. The van der Waals surface area contributed by atoms with Crippen molar-refractivity contribution in [3.8, 4) is 0 Å². The summed E-state index contributed by atoms with van der Waals surface area (Å²) in [6, 6.07) is 12.8. The second kappa shape index (κ2) is 7.89. The van der Waals surface area contributed by atoms with Crippen LogP contribution in [0.2, 0.25) is 0 Å². The van der Waals surface area contributed by atoms with Crippen LogP contribution in [0.1, 0.15) is 15.9 Å². The van der Waals surface area contributed by atoms with Gasteiger partial charge in [0.2, 0.25) is 0 Å². The lowest BCUT2D eigenvalue weighted by Gasteiger charge is -2.07. The highest BCUT2D eigenvalue weighted by molar-refractivity contribution is 7.94. The molecule has 2 heterocycles. The van der Waals surface area contributed by atoms with E-state index in [0.717, 1.165) is 16.9 Å². The molecule has 1 aromatic carbocycles. The predicted molar refractivity (Wildman–Crippen MR) is 101 cm³/mol. The molecule has 0 aliphatic heterocycles. The number of pyridine rings is 1. The molecule has 0 bridgehead atoms. The molecule has 9 heteroatoms. The molecular weight excluding hydrogens is 372 g/mol. The molecule has 2 N–H and O–H groups in total. The zero-order valence-corrected chi connectivity index (χ0v) is 15.0. The van der Waals surface area contributed by atoms with E-state index >= 15 is 0 Å². The van der Waals surface area contributed by atoms with Crippen LogP contribution in [0.15, 0.2) is 75.6 Å². The van der Waals surface area contributed by atoms with Gasteiger partial charge in [0.25, 0.3) is 15.9 Å². The lowest BCUT2D eigenvalue weighted by molar-refractivity contribution is 0.0955. The number of hydrogen-bond donors (Lipinski definition) is 2. The van der Waals surface area contributed by atoms with Crippen molar-refractivity contribution in [2.45, 2.75) is 4.21 Å². The predicted octanol–water partition coefficient (Wildman–Crippen LogP) is 2.71. The van der Waals surface area contributed by atoms with Crippen LogP contribution in [0.25, 0.3) is 0 Å². The Hall–Kier alpha value is -3.04. The zero-order valence-electron chi connectivity index (χ0n) is 13.4. The average Bonchev–Trinajstić information content (AvgIpc) is 3.19. The zero-order chi connectivity index (χ0) is 18.4. The van der Waals surface area contributed by atoms with Gasteiger partial charge in [0, 0.05) is 29.2 Å². The number of nitrogens with zero attached hydrogens (tertiary/aromatic N) is 2. The first kappa shape index (κ1) is 17.8. The summed E-state index contributed by atoms with van der Waals surface area (Å²) in [6.45, 7) is 0. The second-order valence-corrected chi connectivity index (χ2v) is 7.96. The number of thiophene rings is 1. The van der Waals surface area contributed by atoms with E-state index in [-0.39, 0.29) is 4.21 Å². The summed E-state index contributed by atoms with van der Waals surface area (Å²) < 4.78 is 27.0. The Kier molecular flexibility index (Phi) is 5.40. The topological polar surface area (TPSA) is 101 Å². The molecule has 0 aliphatic rings. The third-order valence-corrected chi connectivity index (χ3v) is 6.00. The normalized spacial score (nSPS) is 11.4. The van der Waals surface area contributed by atoms with Gasteiger partial charge < -0.3 is 0 Å². The fourth-order valence-corrected chi connectivity index (χ4v) is 4.05. The van der Waals surface area contributed by atoms with Crippen molar-refractivity contribution >= 4 is 39.2 Å². The van der Waals surface area contributed by atoms with E-state index < -0.39 is 15.9 Å². The molecule has 0 saturated carbocycles. The monoisotopic (exact) mass is 386 g/mol. The van der Waals surface area contributed by atoms with E-state index in [9.17, 15) is 13.2 Å². The van der Waals surface area contributed by atoms with Gasteiger partial charge in [0.15, 0.2) is 0 Å². The number of aromatic nitrogens is 1. The van der Waals surface area contributed by atoms with Crippen LogP contribution in [0.3, 0.4) is 0 Å². The van der Waals surface area contributed by atoms with Gasteiger partial charge in [-0.3, -0.25) is 14.5 Å². The highest BCUT2D eigenvalue weighted by atomic mass is 32.2. The summed E-state index contributed by atoms with van der Waals surface area (Å²) in [5.74, 6) is -0.405. The first-order valence-electron chi connectivity index (χ1n) is 7.44. The summed E-state index contributed by atoms with van der Waals surface area (Å²) in [5, 5.41) is 5.55. The number of anilines is 1. The van der Waals surface area contributed by atoms with Crippen LogP contribution in [-0.4, -0.2) is 25.5 Å². The number of sulfonamides is 1. The van der Waals surface area contributed by atoms with Gasteiger partial charge in [-0.25, -0.2) is 13.8 Å². The highest BCUT2D eigenvalue weighted by Crippen LogP contribution is 2.20. The van der Waals surface area contributed by atoms with Crippen molar-refractivity contribution in [2.75, 3.05) is 4.72 Å². The van der Waals surface area contributed by atoms with Crippen molar-refractivity contribution in [3.63, 3.8) is 0 Å². The molecule has 132 valence electrons. The van der Waals surface area contributed by atoms with Crippen LogP contribution in [0.5, 0.6) is 0 Å². The largest absolute Gasteiger partial charge is 0.279 e. The van der Waals surface area contributed by atoms with E-state index in [1.54, 1.807) is 36.0 Å². The van der Waals surface area contributed by atoms with E-state index in [0.29, 0.717) is 11.3 Å². The van der Waals surface area contributed by atoms with E-state index in [1.807, 2.05) is 0 Å². The molecule has 2 aromatic heterocycles. The van der Waals surface area contributed by atoms with Crippen molar-refractivity contribution in [1.82, 2.24) is 10.4 Å². The Balaban J connectivity index is 1.62. The minimum absolute atomic E-state index is 0.226. The van der Waals surface area contributed by atoms with Gasteiger partial charge in [0.05, 0.1) is 6.21 Å².